The fourth-order valence-electron chi connectivity index (χ4n) is 4.17. The Kier molecular flexibility index (Phi) is 8.96. The highest BCUT2D eigenvalue weighted by Crippen LogP contribution is 2.34. The molecule has 0 saturated carbocycles. The Hall–Kier alpha value is -2.61. The molecule has 3 rings (SSSR count). The van der Waals surface area contributed by atoms with Crippen molar-refractivity contribution in [1.29, 1.82) is 0 Å². The molecule has 1 aliphatic carbocycles. The number of nitrogens with one attached hydrogen (secondary N) is 1. The van der Waals surface area contributed by atoms with Gasteiger partial charge in [-0.3, -0.25) is 4.79 Å². The van der Waals surface area contributed by atoms with Crippen LogP contribution in [0, 0.1) is 0 Å². The largest absolute Gasteiger partial charge is 0.353 e. The Bertz CT molecular complexity index is 863. The van der Waals surface area contributed by atoms with Crippen molar-refractivity contribution in [3.63, 3.8) is 0 Å². The quantitative estimate of drug-likeness (QED) is 0.331. The number of hydrogen-bond donors (Lipinski definition) is 1. The Morgan fingerprint density at radius 3 is 2.47 bits per heavy atom. The molecule has 1 aliphatic rings. The van der Waals surface area contributed by atoms with Crippen LogP contribution in [-0.4, -0.2) is 12.5 Å². The third-order valence-electron chi connectivity index (χ3n) is 5.88. The topological polar surface area (TPSA) is 29.1 Å². The number of unbranched alkanes of at least 4 members (excludes halogenated alkanes) is 5. The summed E-state index contributed by atoms with van der Waals surface area (Å²) in [4.78, 5) is 12.3. The summed E-state index contributed by atoms with van der Waals surface area (Å²) >= 11 is 0. The molecule has 0 spiro atoms. The zero-order chi connectivity index (χ0) is 21.0. The van der Waals surface area contributed by atoms with E-state index in [1.807, 2.05) is 6.08 Å². The monoisotopic (exact) mass is 401 g/mol. The summed E-state index contributed by atoms with van der Waals surface area (Å²) in [6.07, 6.45) is 14.1. The van der Waals surface area contributed by atoms with Crippen LogP contribution in [0.1, 0.15) is 68.6 Å². The van der Waals surface area contributed by atoms with Gasteiger partial charge < -0.3 is 5.32 Å². The first-order chi connectivity index (χ1) is 14.8. The highest BCUT2D eigenvalue weighted by atomic mass is 16.1. The van der Waals surface area contributed by atoms with Gasteiger partial charge in [-0.2, -0.15) is 0 Å². The maximum Gasteiger partial charge on any atom is 0.243 e. The second-order valence-electron chi connectivity index (χ2n) is 8.22. The number of aryl methyl sites for hydroxylation is 1. The van der Waals surface area contributed by atoms with Gasteiger partial charge in [-0.05, 0) is 53.5 Å². The van der Waals surface area contributed by atoms with Crippen molar-refractivity contribution in [1.82, 2.24) is 5.32 Å². The molecule has 0 aromatic heterocycles. The van der Waals surface area contributed by atoms with Crippen LogP contribution in [-0.2, 0) is 17.6 Å². The number of carbonyl (C=O) groups excluding carboxylic acids is 1. The van der Waals surface area contributed by atoms with Gasteiger partial charge in [0.1, 0.15) is 0 Å². The molecule has 0 bridgehead atoms. The summed E-state index contributed by atoms with van der Waals surface area (Å²) in [5.74, 6) is 0.0222. The van der Waals surface area contributed by atoms with E-state index in [2.05, 4.69) is 66.8 Å². The van der Waals surface area contributed by atoms with Crippen LogP contribution >= 0.6 is 0 Å². The van der Waals surface area contributed by atoms with Gasteiger partial charge in [-0.15, -0.1) is 0 Å². The van der Waals surface area contributed by atoms with Crippen LogP contribution in [0.15, 0.2) is 72.3 Å². The normalized spacial score (nSPS) is 13.5. The summed E-state index contributed by atoms with van der Waals surface area (Å²) < 4.78 is 0. The maximum absolute atomic E-state index is 12.3. The second kappa shape index (κ2) is 12.2. The van der Waals surface area contributed by atoms with Crippen LogP contribution < -0.4 is 5.32 Å². The van der Waals surface area contributed by atoms with Crippen LogP contribution in [0.4, 0.5) is 0 Å². The third-order valence-corrected chi connectivity index (χ3v) is 5.88. The molecule has 0 radical (unpaired) electrons. The van der Waals surface area contributed by atoms with Crippen molar-refractivity contribution >= 4 is 11.5 Å². The van der Waals surface area contributed by atoms with Gasteiger partial charge in [0, 0.05) is 12.6 Å². The molecule has 158 valence electrons. The summed E-state index contributed by atoms with van der Waals surface area (Å²) in [5.41, 5.74) is 6.69. The number of hydrogen-bond acceptors (Lipinski definition) is 1. The lowest BCUT2D eigenvalue weighted by Crippen LogP contribution is -2.22. The summed E-state index contributed by atoms with van der Waals surface area (Å²) in [6.45, 7) is 3.01. The van der Waals surface area contributed by atoms with E-state index in [0.29, 0.717) is 0 Å². The zero-order valence-electron chi connectivity index (χ0n) is 18.3. The summed E-state index contributed by atoms with van der Waals surface area (Å²) in [6, 6.07) is 19.3. The predicted octanol–water partition coefficient (Wildman–Crippen LogP) is 6.66. The molecule has 2 heteroatoms. The van der Waals surface area contributed by atoms with Gasteiger partial charge in [0.05, 0.1) is 0 Å². The highest BCUT2D eigenvalue weighted by molar-refractivity contribution is 5.89. The number of rotatable bonds is 11. The van der Waals surface area contributed by atoms with E-state index in [1.165, 1.54) is 59.9 Å². The minimum absolute atomic E-state index is 0.0222. The van der Waals surface area contributed by atoms with Crippen molar-refractivity contribution in [3.8, 4) is 0 Å². The Morgan fingerprint density at radius 2 is 1.63 bits per heavy atom. The number of carbonyl (C=O) groups is 1. The minimum Gasteiger partial charge on any atom is -0.353 e. The molecule has 1 amide bonds. The third kappa shape index (κ3) is 6.73. The average molecular weight is 402 g/mol. The summed E-state index contributed by atoms with van der Waals surface area (Å²) in [7, 11) is 0. The molecule has 0 unspecified atom stereocenters. The molecule has 0 heterocycles. The van der Waals surface area contributed by atoms with E-state index in [9.17, 15) is 4.79 Å². The first kappa shape index (κ1) is 22.1. The van der Waals surface area contributed by atoms with Gasteiger partial charge in [0.25, 0.3) is 0 Å². The van der Waals surface area contributed by atoms with Crippen molar-refractivity contribution in [2.45, 2.75) is 64.7 Å². The van der Waals surface area contributed by atoms with Gasteiger partial charge in [-0.25, -0.2) is 0 Å². The SMILES string of the molecule is CCCCCCCCNC(=O)/C=C/C1=C(Cc2ccccc2)c2ccccc2CC1. The fourth-order valence-corrected chi connectivity index (χ4v) is 4.17. The first-order valence-corrected chi connectivity index (χ1v) is 11.6. The van der Waals surface area contributed by atoms with Crippen LogP contribution in [0.25, 0.3) is 5.57 Å². The van der Waals surface area contributed by atoms with E-state index < -0.39 is 0 Å². The van der Waals surface area contributed by atoms with E-state index in [4.69, 9.17) is 0 Å². The second-order valence-corrected chi connectivity index (χ2v) is 8.22. The molecule has 2 nitrogen and oxygen atoms in total. The Balaban J connectivity index is 1.63. The van der Waals surface area contributed by atoms with Crippen LogP contribution in [0.3, 0.4) is 0 Å². The molecule has 2 aromatic rings. The van der Waals surface area contributed by atoms with Crippen molar-refractivity contribution in [2.75, 3.05) is 6.54 Å². The highest BCUT2D eigenvalue weighted by Gasteiger charge is 2.17. The molecule has 1 N–H and O–H groups in total. The minimum atomic E-state index is 0.0222. The van der Waals surface area contributed by atoms with Crippen molar-refractivity contribution < 1.29 is 4.79 Å². The Labute approximate surface area is 182 Å². The first-order valence-electron chi connectivity index (χ1n) is 11.6. The molecular weight excluding hydrogens is 366 g/mol. The number of allylic oxidation sites excluding steroid dienone is 3. The molecule has 0 atom stereocenters. The van der Waals surface area contributed by atoms with Crippen LogP contribution in [0.2, 0.25) is 0 Å². The molecule has 0 fully saturated rings. The van der Waals surface area contributed by atoms with E-state index in [0.717, 1.165) is 32.2 Å². The van der Waals surface area contributed by atoms with Crippen molar-refractivity contribution in [3.05, 3.63) is 89.0 Å². The lowest BCUT2D eigenvalue weighted by molar-refractivity contribution is -0.116. The van der Waals surface area contributed by atoms with Gasteiger partial charge in [0.15, 0.2) is 0 Å². The number of benzene rings is 2. The van der Waals surface area contributed by atoms with Gasteiger partial charge >= 0.3 is 0 Å². The Morgan fingerprint density at radius 1 is 0.900 bits per heavy atom. The predicted molar refractivity (Wildman–Crippen MR) is 127 cm³/mol. The van der Waals surface area contributed by atoms with Gasteiger partial charge in [0.2, 0.25) is 5.91 Å². The zero-order valence-corrected chi connectivity index (χ0v) is 18.3. The molecular formula is C28H35NO. The molecule has 0 aliphatic heterocycles. The smallest absolute Gasteiger partial charge is 0.243 e. The molecule has 2 aromatic carbocycles. The van der Waals surface area contributed by atoms with Gasteiger partial charge in [-0.1, -0.05) is 99.7 Å². The maximum atomic E-state index is 12.3. The van der Waals surface area contributed by atoms with Crippen molar-refractivity contribution in [2.24, 2.45) is 0 Å². The summed E-state index contributed by atoms with van der Waals surface area (Å²) in [5, 5.41) is 3.05. The van der Waals surface area contributed by atoms with E-state index >= 15 is 0 Å². The van der Waals surface area contributed by atoms with E-state index in [-0.39, 0.29) is 5.91 Å². The molecule has 30 heavy (non-hydrogen) atoms. The number of fused-ring (bicyclic) bond motifs is 1. The number of amides is 1. The lowest BCUT2D eigenvalue weighted by atomic mass is 9.82. The lowest BCUT2D eigenvalue weighted by Gasteiger charge is -2.22. The van der Waals surface area contributed by atoms with E-state index in [1.54, 1.807) is 6.08 Å². The fraction of sp³-hybridized carbons (Fsp3) is 0.393. The van der Waals surface area contributed by atoms with Crippen LogP contribution in [0.5, 0.6) is 0 Å². The molecule has 0 saturated heterocycles. The average Bonchev–Trinajstić information content (AvgIpc) is 2.78. The standard InChI is InChI=1S/C28H35NO/c1-2-3-4-5-6-12-21-29-28(30)20-19-25-18-17-24-15-10-11-16-26(24)27(25)22-23-13-8-7-9-14-23/h7-11,13-16,19-20H,2-6,12,17-18,21-22H2,1H3,(H,29,30)/b20-19+.